The van der Waals surface area contributed by atoms with Crippen LogP contribution in [0.1, 0.15) is 45.2 Å². The number of nitrogens with one attached hydrogen (secondary N) is 1. The van der Waals surface area contributed by atoms with Gasteiger partial charge in [0.05, 0.1) is 18.4 Å². The van der Waals surface area contributed by atoms with Gasteiger partial charge in [-0.25, -0.2) is 4.79 Å². The quantitative estimate of drug-likeness (QED) is 0.919. The van der Waals surface area contributed by atoms with Crippen LogP contribution in [-0.2, 0) is 5.41 Å². The van der Waals surface area contributed by atoms with E-state index in [1.807, 2.05) is 17.0 Å². The normalized spacial score (nSPS) is 16.2. The second kappa shape index (κ2) is 6.63. The van der Waals surface area contributed by atoms with Gasteiger partial charge in [0.25, 0.3) is 0 Å². The number of amides is 2. The number of carbonyl (C=O) groups is 1. The molecule has 2 aromatic rings. The molecule has 0 aliphatic carbocycles. The monoisotopic (exact) mass is 327 g/mol. The predicted molar refractivity (Wildman–Crippen MR) is 94.0 cm³/mol. The molecular weight excluding hydrogens is 302 g/mol. The van der Waals surface area contributed by atoms with E-state index in [9.17, 15) is 4.79 Å². The van der Waals surface area contributed by atoms with Crippen molar-refractivity contribution in [1.29, 1.82) is 0 Å². The van der Waals surface area contributed by atoms with Crippen LogP contribution in [0.25, 0.3) is 0 Å². The molecule has 1 aromatic heterocycles. The maximum absolute atomic E-state index is 12.4. The number of hydrogen-bond acceptors (Lipinski definition) is 3. The molecule has 1 aromatic carbocycles. The predicted octanol–water partition coefficient (Wildman–Crippen LogP) is 3.44. The molecular formula is C18H25N5O. The summed E-state index contributed by atoms with van der Waals surface area (Å²) in [6.07, 6.45) is 5.15. The van der Waals surface area contributed by atoms with Crippen molar-refractivity contribution >= 4 is 11.7 Å². The zero-order valence-corrected chi connectivity index (χ0v) is 14.6. The molecule has 1 aliphatic heterocycles. The van der Waals surface area contributed by atoms with Crippen LogP contribution in [0.5, 0.6) is 0 Å². The molecule has 2 amide bonds. The Bertz CT molecular complexity index is 664. The third-order valence-corrected chi connectivity index (χ3v) is 4.52. The first-order valence-corrected chi connectivity index (χ1v) is 8.46. The van der Waals surface area contributed by atoms with Crippen molar-refractivity contribution < 1.29 is 4.79 Å². The summed E-state index contributed by atoms with van der Waals surface area (Å²) in [5, 5.41) is 11.4. The standard InChI is InChI=1S/C18H25N5O/c1-18(2,3)14-4-6-15(7-5-14)21-17(24)22-12-8-16(9-13-22)23-19-10-11-20-23/h4-7,10-11,16H,8-9,12-13H2,1-3H3,(H,21,24). The summed E-state index contributed by atoms with van der Waals surface area (Å²) in [5.41, 5.74) is 2.21. The van der Waals surface area contributed by atoms with Gasteiger partial charge in [-0.3, -0.25) is 0 Å². The molecule has 1 fully saturated rings. The summed E-state index contributed by atoms with van der Waals surface area (Å²) in [7, 11) is 0. The number of anilines is 1. The minimum Gasteiger partial charge on any atom is -0.324 e. The molecule has 3 rings (SSSR count). The van der Waals surface area contributed by atoms with E-state index in [0.717, 1.165) is 31.6 Å². The first-order chi connectivity index (χ1) is 11.4. The van der Waals surface area contributed by atoms with Crippen molar-refractivity contribution in [2.75, 3.05) is 18.4 Å². The first-order valence-electron chi connectivity index (χ1n) is 8.46. The SMILES string of the molecule is CC(C)(C)c1ccc(NC(=O)N2CCC(n3nccn3)CC2)cc1. The van der Waals surface area contributed by atoms with Crippen LogP contribution in [-0.4, -0.2) is 39.0 Å². The zero-order chi connectivity index (χ0) is 17.2. The van der Waals surface area contributed by atoms with Crippen LogP contribution < -0.4 is 5.32 Å². The van der Waals surface area contributed by atoms with Crippen molar-refractivity contribution in [2.24, 2.45) is 0 Å². The molecule has 0 radical (unpaired) electrons. The third-order valence-electron chi connectivity index (χ3n) is 4.52. The molecule has 0 bridgehead atoms. The number of aromatic nitrogens is 3. The van der Waals surface area contributed by atoms with Crippen LogP contribution >= 0.6 is 0 Å². The van der Waals surface area contributed by atoms with E-state index < -0.39 is 0 Å². The molecule has 0 saturated carbocycles. The number of benzene rings is 1. The number of nitrogens with zero attached hydrogens (tertiary/aromatic N) is 4. The Kier molecular flexibility index (Phi) is 4.55. The summed E-state index contributed by atoms with van der Waals surface area (Å²) in [6, 6.07) is 8.34. The van der Waals surface area contributed by atoms with E-state index >= 15 is 0 Å². The second-order valence-corrected chi connectivity index (χ2v) is 7.33. The Morgan fingerprint density at radius 3 is 2.21 bits per heavy atom. The third kappa shape index (κ3) is 3.75. The van der Waals surface area contributed by atoms with Gasteiger partial charge in [0.2, 0.25) is 0 Å². The number of hydrogen-bond donors (Lipinski definition) is 1. The van der Waals surface area contributed by atoms with E-state index in [-0.39, 0.29) is 17.5 Å². The Morgan fingerprint density at radius 2 is 1.67 bits per heavy atom. The number of likely N-dealkylation sites (tertiary alicyclic amines) is 1. The lowest BCUT2D eigenvalue weighted by Crippen LogP contribution is -2.41. The number of rotatable bonds is 2. The molecule has 6 heteroatoms. The Labute approximate surface area is 142 Å². The van der Waals surface area contributed by atoms with E-state index in [0.29, 0.717) is 0 Å². The van der Waals surface area contributed by atoms with E-state index in [4.69, 9.17) is 0 Å². The average molecular weight is 327 g/mol. The Balaban J connectivity index is 1.54. The number of carbonyl (C=O) groups excluding carboxylic acids is 1. The second-order valence-electron chi connectivity index (χ2n) is 7.33. The van der Waals surface area contributed by atoms with Gasteiger partial charge < -0.3 is 10.2 Å². The fourth-order valence-electron chi connectivity index (χ4n) is 2.97. The van der Waals surface area contributed by atoms with Gasteiger partial charge in [-0.2, -0.15) is 15.0 Å². The molecule has 6 nitrogen and oxygen atoms in total. The van der Waals surface area contributed by atoms with Crippen LogP contribution in [0.4, 0.5) is 10.5 Å². The molecule has 1 aliphatic rings. The van der Waals surface area contributed by atoms with Gasteiger partial charge in [0.15, 0.2) is 0 Å². The fourth-order valence-corrected chi connectivity index (χ4v) is 2.97. The lowest BCUT2D eigenvalue weighted by Gasteiger charge is -2.31. The van der Waals surface area contributed by atoms with Crippen molar-refractivity contribution in [3.8, 4) is 0 Å². The molecule has 0 spiro atoms. The van der Waals surface area contributed by atoms with Gasteiger partial charge in [-0.1, -0.05) is 32.9 Å². The van der Waals surface area contributed by atoms with Crippen molar-refractivity contribution in [1.82, 2.24) is 19.9 Å². The van der Waals surface area contributed by atoms with Crippen molar-refractivity contribution in [3.63, 3.8) is 0 Å². The zero-order valence-electron chi connectivity index (χ0n) is 14.6. The van der Waals surface area contributed by atoms with Gasteiger partial charge in [0, 0.05) is 18.8 Å². The average Bonchev–Trinajstić information content (AvgIpc) is 3.09. The van der Waals surface area contributed by atoms with Crippen molar-refractivity contribution in [3.05, 3.63) is 42.2 Å². The van der Waals surface area contributed by atoms with E-state index in [2.05, 4.69) is 48.4 Å². The molecule has 24 heavy (non-hydrogen) atoms. The lowest BCUT2D eigenvalue weighted by atomic mass is 9.87. The van der Waals surface area contributed by atoms with Crippen LogP contribution in [0, 0.1) is 0 Å². The fraction of sp³-hybridized carbons (Fsp3) is 0.500. The first kappa shape index (κ1) is 16.5. The Hall–Kier alpha value is -2.37. The minimum atomic E-state index is -0.0367. The summed E-state index contributed by atoms with van der Waals surface area (Å²) in [6.45, 7) is 7.98. The summed E-state index contributed by atoms with van der Waals surface area (Å²) in [4.78, 5) is 16.0. The van der Waals surface area contributed by atoms with Gasteiger partial charge >= 0.3 is 6.03 Å². The largest absolute Gasteiger partial charge is 0.324 e. The minimum absolute atomic E-state index is 0.0367. The molecule has 1 N–H and O–H groups in total. The van der Waals surface area contributed by atoms with Gasteiger partial charge in [-0.05, 0) is 36.0 Å². The number of urea groups is 1. The summed E-state index contributed by atoms with van der Waals surface area (Å²) >= 11 is 0. The van der Waals surface area contributed by atoms with Crippen LogP contribution in [0.2, 0.25) is 0 Å². The molecule has 2 heterocycles. The highest BCUT2D eigenvalue weighted by molar-refractivity contribution is 5.89. The number of piperidine rings is 1. The lowest BCUT2D eigenvalue weighted by molar-refractivity contribution is 0.175. The van der Waals surface area contributed by atoms with Crippen LogP contribution in [0.3, 0.4) is 0 Å². The van der Waals surface area contributed by atoms with E-state index in [1.54, 1.807) is 17.2 Å². The van der Waals surface area contributed by atoms with Gasteiger partial charge in [-0.15, -0.1) is 0 Å². The Morgan fingerprint density at radius 1 is 1.08 bits per heavy atom. The maximum atomic E-state index is 12.4. The highest BCUT2D eigenvalue weighted by Gasteiger charge is 2.24. The van der Waals surface area contributed by atoms with Crippen molar-refractivity contribution in [2.45, 2.75) is 45.1 Å². The van der Waals surface area contributed by atoms with E-state index in [1.165, 1.54) is 5.56 Å². The maximum Gasteiger partial charge on any atom is 0.321 e. The smallest absolute Gasteiger partial charge is 0.321 e. The highest BCUT2D eigenvalue weighted by Crippen LogP contribution is 2.24. The molecule has 1 saturated heterocycles. The molecule has 0 atom stereocenters. The summed E-state index contributed by atoms with van der Waals surface area (Å²) < 4.78 is 0. The highest BCUT2D eigenvalue weighted by atomic mass is 16.2. The van der Waals surface area contributed by atoms with Gasteiger partial charge in [0.1, 0.15) is 0 Å². The molecule has 128 valence electrons. The van der Waals surface area contributed by atoms with Crippen LogP contribution in [0.15, 0.2) is 36.7 Å². The topological polar surface area (TPSA) is 63.1 Å². The summed E-state index contributed by atoms with van der Waals surface area (Å²) in [5.74, 6) is 0. The molecule has 0 unspecified atom stereocenters.